The SMILES string of the molecule is COc1cc(C2C3=C(OC4CCCCC4C3=O)C(=O)N2Cc2cccnc2)ccc1O. The normalized spacial score (nSPS) is 25.2. The summed E-state index contributed by atoms with van der Waals surface area (Å²) in [6.07, 6.45) is 6.73. The molecule has 2 aliphatic heterocycles. The lowest BCUT2D eigenvalue weighted by Gasteiger charge is -2.35. The van der Waals surface area contributed by atoms with E-state index in [2.05, 4.69) is 4.98 Å². The zero-order chi connectivity index (χ0) is 21.5. The summed E-state index contributed by atoms with van der Waals surface area (Å²) in [6.45, 7) is 0.291. The number of ether oxygens (including phenoxy) is 2. The van der Waals surface area contributed by atoms with Crippen LogP contribution in [0.3, 0.4) is 0 Å². The minimum atomic E-state index is -0.604. The van der Waals surface area contributed by atoms with Gasteiger partial charge in [0.05, 0.1) is 24.6 Å². The highest BCUT2D eigenvalue weighted by atomic mass is 16.5. The van der Waals surface area contributed by atoms with Gasteiger partial charge in [0, 0.05) is 18.9 Å². The molecule has 5 rings (SSSR count). The molecule has 7 nitrogen and oxygen atoms in total. The zero-order valence-electron chi connectivity index (χ0n) is 17.3. The smallest absolute Gasteiger partial charge is 0.290 e. The highest BCUT2D eigenvalue weighted by Gasteiger charge is 2.52. The van der Waals surface area contributed by atoms with Crippen molar-refractivity contribution in [3.63, 3.8) is 0 Å². The maximum absolute atomic E-state index is 13.6. The predicted octanol–water partition coefficient (Wildman–Crippen LogP) is 3.29. The van der Waals surface area contributed by atoms with E-state index in [-0.39, 0.29) is 35.2 Å². The van der Waals surface area contributed by atoms with Gasteiger partial charge in [0.25, 0.3) is 5.91 Å². The van der Waals surface area contributed by atoms with Gasteiger partial charge in [0.2, 0.25) is 0 Å². The molecule has 0 bridgehead atoms. The third-order valence-corrected chi connectivity index (χ3v) is 6.45. The molecule has 2 aromatic rings. The Balaban J connectivity index is 1.61. The van der Waals surface area contributed by atoms with E-state index in [1.165, 1.54) is 13.2 Å². The lowest BCUT2D eigenvalue weighted by molar-refractivity contribution is -0.135. The van der Waals surface area contributed by atoms with Gasteiger partial charge in [-0.3, -0.25) is 14.6 Å². The lowest BCUT2D eigenvalue weighted by Crippen LogP contribution is -2.39. The van der Waals surface area contributed by atoms with E-state index in [0.29, 0.717) is 23.4 Å². The van der Waals surface area contributed by atoms with Crippen molar-refractivity contribution in [1.82, 2.24) is 9.88 Å². The second-order valence-corrected chi connectivity index (χ2v) is 8.28. The number of carbonyl (C=O) groups is 2. The third kappa shape index (κ3) is 3.24. The molecule has 0 spiro atoms. The average molecular weight is 420 g/mol. The van der Waals surface area contributed by atoms with E-state index in [9.17, 15) is 14.7 Å². The summed E-state index contributed by atoms with van der Waals surface area (Å²) in [5.41, 5.74) is 1.98. The lowest BCUT2D eigenvalue weighted by atomic mass is 9.77. The molecule has 1 aromatic carbocycles. The number of Topliss-reactive ketones (excluding diaryl/α,β-unsaturated/α-hetero) is 1. The number of aromatic nitrogens is 1. The first kappa shape index (κ1) is 19.6. The molecule has 1 amide bonds. The largest absolute Gasteiger partial charge is 0.504 e. The number of benzene rings is 1. The molecule has 7 heteroatoms. The molecular formula is C24H24N2O5. The molecule has 3 aliphatic rings. The maximum Gasteiger partial charge on any atom is 0.290 e. The topological polar surface area (TPSA) is 89.0 Å². The van der Waals surface area contributed by atoms with Crippen LogP contribution in [0.15, 0.2) is 54.1 Å². The number of methoxy groups -OCH3 is 1. The van der Waals surface area contributed by atoms with Gasteiger partial charge in [-0.2, -0.15) is 0 Å². The van der Waals surface area contributed by atoms with Gasteiger partial charge >= 0.3 is 0 Å². The monoisotopic (exact) mass is 420 g/mol. The number of carbonyl (C=O) groups excluding carboxylic acids is 2. The minimum absolute atomic E-state index is 0.00199. The van der Waals surface area contributed by atoms with Crippen molar-refractivity contribution in [2.45, 2.75) is 44.4 Å². The molecule has 1 aromatic heterocycles. The van der Waals surface area contributed by atoms with Crippen molar-refractivity contribution in [2.24, 2.45) is 5.92 Å². The number of rotatable bonds is 4. The number of ketones is 1. The van der Waals surface area contributed by atoms with Crippen molar-refractivity contribution in [2.75, 3.05) is 7.11 Å². The Kier molecular flexibility index (Phi) is 4.88. The first-order valence-corrected chi connectivity index (χ1v) is 10.6. The number of pyridine rings is 1. The molecule has 0 saturated heterocycles. The van der Waals surface area contributed by atoms with E-state index in [4.69, 9.17) is 9.47 Å². The van der Waals surface area contributed by atoms with Gasteiger partial charge in [0.1, 0.15) is 6.10 Å². The zero-order valence-corrected chi connectivity index (χ0v) is 17.3. The molecule has 0 radical (unpaired) electrons. The molecule has 31 heavy (non-hydrogen) atoms. The Morgan fingerprint density at radius 2 is 2.06 bits per heavy atom. The fourth-order valence-corrected chi connectivity index (χ4v) is 4.95. The number of amides is 1. The van der Waals surface area contributed by atoms with Crippen LogP contribution >= 0.6 is 0 Å². The van der Waals surface area contributed by atoms with Crippen LogP contribution in [0.2, 0.25) is 0 Å². The van der Waals surface area contributed by atoms with Crippen molar-refractivity contribution < 1.29 is 24.2 Å². The van der Waals surface area contributed by atoms with Gasteiger partial charge in [0.15, 0.2) is 23.0 Å². The molecule has 1 aliphatic carbocycles. The fraction of sp³-hybridized carbons (Fsp3) is 0.375. The molecule has 3 atom stereocenters. The summed E-state index contributed by atoms with van der Waals surface area (Å²) >= 11 is 0. The molecule has 1 saturated carbocycles. The predicted molar refractivity (Wildman–Crippen MR) is 111 cm³/mol. The summed E-state index contributed by atoms with van der Waals surface area (Å²) in [5.74, 6) is -0.0188. The number of phenols is 1. The summed E-state index contributed by atoms with van der Waals surface area (Å²) in [5, 5.41) is 10.1. The van der Waals surface area contributed by atoms with Crippen LogP contribution in [0.1, 0.15) is 42.9 Å². The molecule has 160 valence electrons. The molecule has 1 N–H and O–H groups in total. The second kappa shape index (κ2) is 7.72. The summed E-state index contributed by atoms with van der Waals surface area (Å²) in [4.78, 5) is 32.8. The molecular weight excluding hydrogens is 396 g/mol. The van der Waals surface area contributed by atoms with Crippen LogP contribution in [0.25, 0.3) is 0 Å². The summed E-state index contributed by atoms with van der Waals surface area (Å²) in [6, 6.07) is 8.04. The van der Waals surface area contributed by atoms with E-state index < -0.39 is 6.04 Å². The van der Waals surface area contributed by atoms with E-state index in [1.54, 1.807) is 29.4 Å². The van der Waals surface area contributed by atoms with Crippen LogP contribution in [0.4, 0.5) is 0 Å². The number of phenolic OH excluding ortho intramolecular Hbond substituents is 1. The highest BCUT2D eigenvalue weighted by molar-refractivity contribution is 6.11. The summed E-state index contributed by atoms with van der Waals surface area (Å²) < 4.78 is 11.4. The summed E-state index contributed by atoms with van der Waals surface area (Å²) in [7, 11) is 1.47. The Labute approximate surface area is 180 Å². The second-order valence-electron chi connectivity index (χ2n) is 8.28. The minimum Gasteiger partial charge on any atom is -0.504 e. The van der Waals surface area contributed by atoms with Gasteiger partial charge in [-0.1, -0.05) is 18.6 Å². The van der Waals surface area contributed by atoms with Crippen LogP contribution in [-0.4, -0.2) is 39.9 Å². The fourth-order valence-electron chi connectivity index (χ4n) is 4.95. The Morgan fingerprint density at radius 3 is 2.84 bits per heavy atom. The number of fused-ring (bicyclic) bond motifs is 1. The molecule has 1 fully saturated rings. The number of hydrogen-bond donors (Lipinski definition) is 1. The Morgan fingerprint density at radius 1 is 1.23 bits per heavy atom. The first-order chi connectivity index (χ1) is 15.1. The van der Waals surface area contributed by atoms with E-state index in [0.717, 1.165) is 31.2 Å². The van der Waals surface area contributed by atoms with Crippen molar-refractivity contribution >= 4 is 11.7 Å². The Hall–Kier alpha value is -3.35. The van der Waals surface area contributed by atoms with Gasteiger partial charge < -0.3 is 19.5 Å². The number of hydrogen-bond acceptors (Lipinski definition) is 6. The maximum atomic E-state index is 13.6. The van der Waals surface area contributed by atoms with Crippen molar-refractivity contribution in [1.29, 1.82) is 0 Å². The van der Waals surface area contributed by atoms with Crippen molar-refractivity contribution in [3.05, 3.63) is 65.2 Å². The van der Waals surface area contributed by atoms with Crippen LogP contribution in [0.5, 0.6) is 11.5 Å². The van der Waals surface area contributed by atoms with Gasteiger partial charge in [-0.25, -0.2) is 0 Å². The molecule has 3 heterocycles. The number of aromatic hydroxyl groups is 1. The number of nitrogens with zero attached hydrogens (tertiary/aromatic N) is 2. The van der Waals surface area contributed by atoms with E-state index >= 15 is 0 Å². The van der Waals surface area contributed by atoms with Crippen molar-refractivity contribution in [3.8, 4) is 11.5 Å². The third-order valence-electron chi connectivity index (χ3n) is 6.45. The molecule has 3 unspecified atom stereocenters. The first-order valence-electron chi connectivity index (χ1n) is 10.6. The quantitative estimate of drug-likeness (QED) is 0.817. The van der Waals surface area contributed by atoms with Gasteiger partial charge in [-0.15, -0.1) is 0 Å². The Bertz CT molecular complexity index is 1060. The van der Waals surface area contributed by atoms with Crippen LogP contribution < -0.4 is 4.74 Å². The highest BCUT2D eigenvalue weighted by Crippen LogP contribution is 2.48. The standard InChI is InChI=1S/C24H24N2O5/c1-30-19-11-15(8-9-17(19)27)21-20-22(28)16-6-2-3-7-18(16)31-23(20)24(29)26(21)13-14-5-4-10-25-12-14/h4-5,8-12,16,18,21,27H,2-3,6-7,13H2,1H3. The van der Waals surface area contributed by atoms with Gasteiger partial charge in [-0.05, 0) is 48.6 Å². The van der Waals surface area contributed by atoms with Crippen LogP contribution in [-0.2, 0) is 20.9 Å². The van der Waals surface area contributed by atoms with E-state index in [1.807, 2.05) is 12.1 Å². The van der Waals surface area contributed by atoms with Crippen LogP contribution in [0, 0.1) is 5.92 Å². The average Bonchev–Trinajstić information content (AvgIpc) is 3.07.